The van der Waals surface area contributed by atoms with E-state index in [1.807, 2.05) is 0 Å². The van der Waals surface area contributed by atoms with Gasteiger partial charge in [-0.2, -0.15) is 5.26 Å². The largest absolute Gasteiger partial charge is 0.465 e. The highest BCUT2D eigenvalue weighted by Crippen LogP contribution is 2.31. The maximum absolute atomic E-state index is 11.4. The van der Waals surface area contributed by atoms with Crippen molar-refractivity contribution in [1.82, 2.24) is 0 Å². The average Bonchev–Trinajstić information content (AvgIpc) is 3.00. The molecule has 1 heterocycles. The lowest BCUT2D eigenvalue weighted by Gasteiger charge is -1.97. The molecule has 0 radical (unpaired) electrons. The van der Waals surface area contributed by atoms with Crippen LogP contribution >= 0.6 is 11.3 Å². The first-order valence-corrected chi connectivity index (χ1v) is 6.91. The summed E-state index contributed by atoms with van der Waals surface area (Å²) >= 11 is 1.32. The summed E-state index contributed by atoms with van der Waals surface area (Å²) in [5.41, 5.74) is 0.612. The summed E-state index contributed by atoms with van der Waals surface area (Å²) in [6, 6.07) is 11.6. The number of non-ortho nitro benzene ring substituents is 1. The molecule has 0 amide bonds. The molecule has 0 aliphatic heterocycles. The van der Waals surface area contributed by atoms with Crippen LogP contribution in [0.4, 0.5) is 5.69 Å². The topological polar surface area (TPSA) is 93.2 Å². The molecule has 0 bridgehead atoms. The number of carbonyl (C=O) groups excluding carboxylic acids is 1. The van der Waals surface area contributed by atoms with Crippen LogP contribution in [0.5, 0.6) is 0 Å². The number of hydrogen-bond donors (Lipinski definition) is 0. The summed E-state index contributed by atoms with van der Waals surface area (Å²) in [5, 5.41) is 19.7. The Labute approximate surface area is 130 Å². The normalized spacial score (nSPS) is 10.8. The van der Waals surface area contributed by atoms with E-state index < -0.39 is 10.9 Å². The van der Waals surface area contributed by atoms with Crippen molar-refractivity contribution in [1.29, 1.82) is 5.26 Å². The smallest absolute Gasteiger partial charge is 0.348 e. The molecule has 2 rings (SSSR count). The zero-order chi connectivity index (χ0) is 16.1. The molecule has 7 heteroatoms. The summed E-state index contributed by atoms with van der Waals surface area (Å²) in [5.74, 6) is -0.701. The van der Waals surface area contributed by atoms with Crippen LogP contribution in [-0.2, 0) is 9.53 Å². The number of benzene rings is 1. The third kappa shape index (κ3) is 3.37. The lowest BCUT2D eigenvalue weighted by Crippen LogP contribution is -2.02. The molecule has 110 valence electrons. The molecular formula is C15H10N2O4S. The standard InChI is InChI=1S/C15H10N2O4S/c1-21-15(18)11(9-16)8-13-5-6-14(22-13)10-3-2-4-12(7-10)17(19)20/h2-8H,1H3. The second-order valence-corrected chi connectivity index (χ2v) is 5.29. The minimum atomic E-state index is -0.701. The minimum Gasteiger partial charge on any atom is -0.465 e. The summed E-state index contributed by atoms with van der Waals surface area (Å²) in [6.45, 7) is 0. The first-order chi connectivity index (χ1) is 10.5. The van der Waals surface area contributed by atoms with Gasteiger partial charge in [-0.1, -0.05) is 12.1 Å². The summed E-state index contributed by atoms with van der Waals surface area (Å²) < 4.78 is 4.51. The Kier molecular flexibility index (Phi) is 4.66. The Morgan fingerprint density at radius 2 is 2.18 bits per heavy atom. The van der Waals surface area contributed by atoms with Crippen LogP contribution in [0.25, 0.3) is 16.5 Å². The molecule has 0 aliphatic carbocycles. The summed E-state index contributed by atoms with van der Waals surface area (Å²) in [4.78, 5) is 23.2. The molecule has 0 unspecified atom stereocenters. The van der Waals surface area contributed by atoms with Crippen LogP contribution in [0, 0.1) is 21.4 Å². The van der Waals surface area contributed by atoms with E-state index in [-0.39, 0.29) is 11.3 Å². The highest BCUT2D eigenvalue weighted by molar-refractivity contribution is 7.16. The third-order valence-electron chi connectivity index (χ3n) is 2.78. The number of hydrogen-bond acceptors (Lipinski definition) is 6. The summed E-state index contributed by atoms with van der Waals surface area (Å²) in [6.07, 6.45) is 1.43. The molecule has 0 saturated carbocycles. The van der Waals surface area contributed by atoms with Crippen LogP contribution in [0.3, 0.4) is 0 Å². The number of nitrogens with zero attached hydrogens (tertiary/aromatic N) is 2. The van der Waals surface area contributed by atoms with Crippen LogP contribution in [0.15, 0.2) is 42.0 Å². The molecule has 0 aliphatic rings. The molecule has 1 aromatic heterocycles. The number of nitriles is 1. The van der Waals surface area contributed by atoms with E-state index in [9.17, 15) is 14.9 Å². The molecule has 0 fully saturated rings. The van der Waals surface area contributed by atoms with Gasteiger partial charge >= 0.3 is 5.97 Å². The number of thiophene rings is 1. The third-order valence-corrected chi connectivity index (χ3v) is 3.86. The van der Waals surface area contributed by atoms with Gasteiger partial charge in [0.1, 0.15) is 11.6 Å². The van der Waals surface area contributed by atoms with Gasteiger partial charge in [-0.3, -0.25) is 10.1 Å². The molecule has 0 saturated heterocycles. The van der Waals surface area contributed by atoms with Gasteiger partial charge < -0.3 is 4.74 Å². The highest BCUT2D eigenvalue weighted by Gasteiger charge is 2.11. The van der Waals surface area contributed by atoms with Gasteiger partial charge in [-0.25, -0.2) is 4.79 Å². The lowest BCUT2D eigenvalue weighted by molar-refractivity contribution is -0.384. The molecule has 22 heavy (non-hydrogen) atoms. The van der Waals surface area contributed by atoms with Gasteiger partial charge in [0.25, 0.3) is 5.69 Å². The van der Waals surface area contributed by atoms with E-state index in [1.54, 1.807) is 30.3 Å². The van der Waals surface area contributed by atoms with Crippen LogP contribution in [0.1, 0.15) is 4.88 Å². The van der Waals surface area contributed by atoms with Gasteiger partial charge in [0.2, 0.25) is 0 Å². The maximum atomic E-state index is 11.4. The maximum Gasteiger partial charge on any atom is 0.348 e. The van der Waals surface area contributed by atoms with Crippen molar-refractivity contribution < 1.29 is 14.5 Å². The van der Waals surface area contributed by atoms with E-state index in [0.29, 0.717) is 10.4 Å². The fraction of sp³-hybridized carbons (Fsp3) is 0.0667. The highest BCUT2D eigenvalue weighted by atomic mass is 32.1. The van der Waals surface area contributed by atoms with Crippen molar-refractivity contribution in [2.75, 3.05) is 7.11 Å². The number of nitro benzene ring substituents is 1. The van der Waals surface area contributed by atoms with Crippen molar-refractivity contribution in [3.05, 3.63) is 57.0 Å². The second kappa shape index (κ2) is 6.65. The van der Waals surface area contributed by atoms with Gasteiger partial charge in [0.15, 0.2) is 0 Å². The summed E-state index contributed by atoms with van der Waals surface area (Å²) in [7, 11) is 1.20. The van der Waals surface area contributed by atoms with E-state index in [2.05, 4.69) is 4.74 Å². The van der Waals surface area contributed by atoms with Crippen molar-refractivity contribution in [3.8, 4) is 16.5 Å². The number of rotatable bonds is 4. The Morgan fingerprint density at radius 1 is 1.41 bits per heavy atom. The molecule has 0 spiro atoms. The van der Waals surface area contributed by atoms with Crippen LogP contribution in [0.2, 0.25) is 0 Å². The van der Waals surface area contributed by atoms with Gasteiger partial charge in [-0.15, -0.1) is 11.3 Å². The van der Waals surface area contributed by atoms with Crippen molar-refractivity contribution in [3.63, 3.8) is 0 Å². The molecule has 2 aromatic rings. The predicted octanol–water partition coefficient (Wildman–Crippen LogP) is 3.40. The number of esters is 1. The first-order valence-electron chi connectivity index (χ1n) is 6.10. The molecule has 6 nitrogen and oxygen atoms in total. The van der Waals surface area contributed by atoms with E-state index >= 15 is 0 Å². The zero-order valence-corrected chi connectivity index (χ0v) is 12.3. The Balaban J connectivity index is 2.34. The Bertz CT molecular complexity index is 802. The molecule has 1 aromatic carbocycles. The van der Waals surface area contributed by atoms with E-state index in [4.69, 9.17) is 5.26 Å². The van der Waals surface area contributed by atoms with Gasteiger partial charge in [0.05, 0.1) is 12.0 Å². The molecule has 0 N–H and O–H groups in total. The number of nitro groups is 1. The minimum absolute atomic E-state index is 0.00951. The Morgan fingerprint density at radius 3 is 2.82 bits per heavy atom. The second-order valence-electron chi connectivity index (χ2n) is 4.17. The quantitative estimate of drug-likeness (QED) is 0.283. The van der Waals surface area contributed by atoms with Crippen molar-refractivity contribution >= 4 is 29.1 Å². The first kappa shape index (κ1) is 15.4. The number of carbonyl (C=O) groups is 1. The predicted molar refractivity (Wildman–Crippen MR) is 82.0 cm³/mol. The van der Waals surface area contributed by atoms with Gasteiger partial charge in [-0.05, 0) is 23.8 Å². The zero-order valence-electron chi connectivity index (χ0n) is 11.5. The van der Waals surface area contributed by atoms with Crippen LogP contribution in [-0.4, -0.2) is 18.0 Å². The fourth-order valence-electron chi connectivity index (χ4n) is 1.75. The van der Waals surface area contributed by atoms with E-state index in [0.717, 1.165) is 4.88 Å². The number of ether oxygens (including phenoxy) is 1. The van der Waals surface area contributed by atoms with Gasteiger partial charge in [0, 0.05) is 21.9 Å². The average molecular weight is 314 g/mol. The van der Waals surface area contributed by atoms with Crippen molar-refractivity contribution in [2.45, 2.75) is 0 Å². The Hall–Kier alpha value is -2.98. The molecule has 0 atom stereocenters. The SMILES string of the molecule is COC(=O)C(C#N)=Cc1ccc(-c2cccc([N+](=O)[O-])c2)s1. The lowest BCUT2D eigenvalue weighted by atomic mass is 10.1. The van der Waals surface area contributed by atoms with Crippen molar-refractivity contribution in [2.24, 2.45) is 0 Å². The van der Waals surface area contributed by atoms with Crippen LogP contribution < -0.4 is 0 Å². The molecular weight excluding hydrogens is 304 g/mol. The van der Waals surface area contributed by atoms with E-state index in [1.165, 1.54) is 36.7 Å². The monoisotopic (exact) mass is 314 g/mol. The fourth-order valence-corrected chi connectivity index (χ4v) is 2.70. The number of methoxy groups -OCH3 is 1.